The first kappa shape index (κ1) is 12.8. The molecule has 0 bridgehead atoms. The minimum Gasteiger partial charge on any atom is -0.492 e. The highest BCUT2D eigenvalue weighted by Gasteiger charge is 2.22. The van der Waals surface area contributed by atoms with Crippen LogP contribution in [0.2, 0.25) is 5.02 Å². The van der Waals surface area contributed by atoms with E-state index in [-0.39, 0.29) is 0 Å². The molecule has 1 saturated carbocycles. The van der Waals surface area contributed by atoms with E-state index in [0.717, 1.165) is 29.7 Å². The van der Waals surface area contributed by atoms with Gasteiger partial charge in [-0.3, -0.25) is 0 Å². The summed E-state index contributed by atoms with van der Waals surface area (Å²) in [6.07, 6.45) is 3.66. The molecule has 0 amide bonds. The molecule has 0 N–H and O–H groups in total. The Hall–Kier alpha value is -0.690. The first-order valence-electron chi connectivity index (χ1n) is 6.35. The van der Waals surface area contributed by atoms with Crippen molar-refractivity contribution < 1.29 is 4.74 Å². The van der Waals surface area contributed by atoms with Crippen molar-refractivity contribution in [3.05, 3.63) is 28.8 Å². The van der Waals surface area contributed by atoms with Gasteiger partial charge in [-0.25, -0.2) is 0 Å². The van der Waals surface area contributed by atoms with Crippen LogP contribution in [0.15, 0.2) is 18.2 Å². The number of hydrogen-bond donors (Lipinski definition) is 0. The van der Waals surface area contributed by atoms with Crippen LogP contribution in [0.1, 0.15) is 39.2 Å². The fourth-order valence-electron chi connectivity index (χ4n) is 1.87. The molecule has 1 fully saturated rings. The van der Waals surface area contributed by atoms with Crippen LogP contribution in [0.5, 0.6) is 5.75 Å². The molecule has 0 aliphatic heterocycles. The van der Waals surface area contributed by atoms with Gasteiger partial charge in [-0.1, -0.05) is 38.4 Å². The van der Waals surface area contributed by atoms with Crippen LogP contribution in [0.3, 0.4) is 0 Å². The summed E-state index contributed by atoms with van der Waals surface area (Å²) in [7, 11) is 0. The van der Waals surface area contributed by atoms with Crippen LogP contribution in [-0.4, -0.2) is 6.61 Å². The zero-order chi connectivity index (χ0) is 12.5. The van der Waals surface area contributed by atoms with Gasteiger partial charge in [0.1, 0.15) is 5.75 Å². The largest absolute Gasteiger partial charge is 0.492 e. The molecule has 1 aromatic rings. The highest BCUT2D eigenvalue weighted by Crippen LogP contribution is 2.33. The molecule has 94 valence electrons. The summed E-state index contributed by atoms with van der Waals surface area (Å²) < 4.78 is 5.78. The minimum absolute atomic E-state index is 0.293. The summed E-state index contributed by atoms with van der Waals surface area (Å²) in [5, 5.41) is 0.725. The molecule has 0 unspecified atom stereocenters. The van der Waals surface area contributed by atoms with Gasteiger partial charge in [-0.2, -0.15) is 0 Å². The molecule has 0 atom stereocenters. The van der Waals surface area contributed by atoms with Gasteiger partial charge in [-0.05, 0) is 48.3 Å². The van der Waals surface area contributed by atoms with Crippen molar-refractivity contribution in [2.75, 3.05) is 6.61 Å². The Bertz CT molecular complexity index is 388. The first-order valence-corrected chi connectivity index (χ1v) is 6.73. The van der Waals surface area contributed by atoms with Gasteiger partial charge < -0.3 is 4.74 Å². The van der Waals surface area contributed by atoms with Crippen LogP contribution in [0.4, 0.5) is 0 Å². The maximum Gasteiger partial charge on any atom is 0.138 e. The van der Waals surface area contributed by atoms with Crippen molar-refractivity contribution >= 4 is 11.6 Å². The number of hydrogen-bond acceptors (Lipinski definition) is 1. The molecule has 0 heterocycles. The average molecular weight is 253 g/mol. The van der Waals surface area contributed by atoms with E-state index in [1.807, 2.05) is 6.07 Å². The maximum atomic E-state index is 6.15. The quantitative estimate of drug-likeness (QED) is 0.754. The Balaban J connectivity index is 2.05. The fraction of sp³-hybridized carbons (Fsp3) is 0.600. The van der Waals surface area contributed by atoms with Crippen molar-refractivity contribution in [3.63, 3.8) is 0 Å². The second kappa shape index (κ2) is 4.89. The summed E-state index contributed by atoms with van der Waals surface area (Å²) >= 11 is 6.15. The van der Waals surface area contributed by atoms with E-state index in [9.17, 15) is 0 Å². The molecule has 2 rings (SSSR count). The summed E-state index contributed by atoms with van der Waals surface area (Å²) in [5.74, 6) is 1.61. The topological polar surface area (TPSA) is 9.23 Å². The minimum atomic E-state index is 0.293. The summed E-state index contributed by atoms with van der Waals surface area (Å²) in [6, 6.07) is 6.14. The predicted molar refractivity (Wildman–Crippen MR) is 72.8 cm³/mol. The van der Waals surface area contributed by atoms with Crippen molar-refractivity contribution in [2.45, 2.75) is 40.0 Å². The van der Waals surface area contributed by atoms with E-state index in [1.165, 1.54) is 18.4 Å². The van der Waals surface area contributed by atoms with Gasteiger partial charge in [0.05, 0.1) is 11.6 Å². The summed E-state index contributed by atoms with van der Waals surface area (Å²) in [6.45, 7) is 7.55. The molecule has 1 aliphatic carbocycles. The second-order valence-corrected chi connectivity index (χ2v) is 6.66. The normalized spacial score (nSPS) is 16.0. The molecule has 1 nitrogen and oxygen atoms in total. The number of rotatable bonds is 4. The van der Waals surface area contributed by atoms with Gasteiger partial charge in [0.2, 0.25) is 0 Å². The van der Waals surface area contributed by atoms with Gasteiger partial charge in [-0.15, -0.1) is 0 Å². The van der Waals surface area contributed by atoms with Crippen LogP contribution in [0, 0.1) is 11.3 Å². The Morgan fingerprint density at radius 2 is 2.00 bits per heavy atom. The third kappa shape index (κ3) is 4.23. The van der Waals surface area contributed by atoms with E-state index in [4.69, 9.17) is 16.3 Å². The van der Waals surface area contributed by atoms with Gasteiger partial charge in [0.25, 0.3) is 0 Å². The fourth-order valence-corrected chi connectivity index (χ4v) is 2.04. The lowest BCUT2D eigenvalue weighted by atomic mass is 9.88. The van der Waals surface area contributed by atoms with Crippen molar-refractivity contribution in [2.24, 2.45) is 11.3 Å². The van der Waals surface area contributed by atoms with Crippen molar-refractivity contribution in [1.29, 1.82) is 0 Å². The van der Waals surface area contributed by atoms with Gasteiger partial charge in [0.15, 0.2) is 0 Å². The molecule has 17 heavy (non-hydrogen) atoms. The molecule has 0 aromatic heterocycles. The van der Waals surface area contributed by atoms with Crippen LogP contribution in [0.25, 0.3) is 0 Å². The van der Waals surface area contributed by atoms with Crippen molar-refractivity contribution in [3.8, 4) is 5.75 Å². The first-order chi connectivity index (χ1) is 7.94. The lowest BCUT2D eigenvalue weighted by molar-refractivity contribution is 0.299. The highest BCUT2D eigenvalue weighted by atomic mass is 35.5. The second-order valence-electron chi connectivity index (χ2n) is 6.26. The number of halogens is 1. The Labute approximate surface area is 109 Å². The molecule has 0 radical (unpaired) electrons. The summed E-state index contributed by atoms with van der Waals surface area (Å²) in [4.78, 5) is 0. The lowest BCUT2D eigenvalue weighted by Crippen LogP contribution is -2.09. The zero-order valence-electron chi connectivity index (χ0n) is 10.9. The molecule has 0 saturated heterocycles. The van der Waals surface area contributed by atoms with E-state index in [1.54, 1.807) is 0 Å². The Morgan fingerprint density at radius 1 is 1.29 bits per heavy atom. The number of benzene rings is 1. The van der Waals surface area contributed by atoms with Gasteiger partial charge >= 0.3 is 0 Å². The SMILES string of the molecule is CC(C)(C)Cc1ccc(Cl)c(OCC2CC2)c1. The van der Waals surface area contributed by atoms with E-state index in [2.05, 4.69) is 32.9 Å². The van der Waals surface area contributed by atoms with E-state index >= 15 is 0 Å². The van der Waals surface area contributed by atoms with Crippen molar-refractivity contribution in [1.82, 2.24) is 0 Å². The third-order valence-corrected chi connectivity index (χ3v) is 3.21. The third-order valence-electron chi connectivity index (χ3n) is 2.90. The van der Waals surface area contributed by atoms with Gasteiger partial charge in [0, 0.05) is 0 Å². The molecule has 1 aliphatic rings. The summed E-state index contributed by atoms with van der Waals surface area (Å²) in [5.41, 5.74) is 1.59. The highest BCUT2D eigenvalue weighted by molar-refractivity contribution is 6.32. The molecule has 0 spiro atoms. The molecule has 1 aromatic carbocycles. The maximum absolute atomic E-state index is 6.15. The Kier molecular flexibility index (Phi) is 3.67. The average Bonchev–Trinajstić information content (AvgIpc) is 3.00. The molecule has 2 heteroatoms. The van der Waals surface area contributed by atoms with Crippen LogP contribution < -0.4 is 4.74 Å². The zero-order valence-corrected chi connectivity index (χ0v) is 11.7. The predicted octanol–water partition coefficient (Wildman–Crippen LogP) is 4.72. The van der Waals surface area contributed by atoms with Crippen LogP contribution in [-0.2, 0) is 6.42 Å². The number of ether oxygens (including phenoxy) is 1. The molecular weight excluding hydrogens is 232 g/mol. The standard InChI is InChI=1S/C15H21ClO/c1-15(2,3)9-12-6-7-13(16)14(8-12)17-10-11-4-5-11/h6-8,11H,4-5,9-10H2,1-3H3. The molecular formula is C15H21ClO. The Morgan fingerprint density at radius 3 is 2.59 bits per heavy atom. The van der Waals surface area contributed by atoms with E-state index in [0.29, 0.717) is 5.41 Å². The lowest BCUT2D eigenvalue weighted by Gasteiger charge is -2.19. The van der Waals surface area contributed by atoms with E-state index < -0.39 is 0 Å². The smallest absolute Gasteiger partial charge is 0.138 e. The van der Waals surface area contributed by atoms with Crippen LogP contribution >= 0.6 is 11.6 Å². The monoisotopic (exact) mass is 252 g/mol.